The van der Waals surface area contributed by atoms with Crippen LogP contribution in [0.5, 0.6) is 0 Å². The van der Waals surface area contributed by atoms with E-state index in [1.54, 1.807) is 25.5 Å². The Morgan fingerprint density at radius 3 is 1.74 bits per heavy atom. The SMILES string of the molecule is CB(O)N1CC(C(=O)O)C1.CON(C)C(=O)C1CN(B(C)O)C1. The summed E-state index contributed by atoms with van der Waals surface area (Å²) in [6.07, 6.45) is 0. The molecular formula is C12H25B2N3O6. The van der Waals surface area contributed by atoms with E-state index < -0.39 is 20.1 Å². The number of carboxylic acid groups (broad SMARTS) is 1. The van der Waals surface area contributed by atoms with Crippen LogP contribution < -0.4 is 0 Å². The molecule has 0 aromatic heterocycles. The van der Waals surface area contributed by atoms with Crippen molar-refractivity contribution >= 4 is 26.0 Å². The summed E-state index contributed by atoms with van der Waals surface area (Å²) in [5.41, 5.74) is 0. The average molecular weight is 329 g/mol. The Morgan fingerprint density at radius 1 is 1.04 bits per heavy atom. The molecule has 2 heterocycles. The summed E-state index contributed by atoms with van der Waals surface area (Å²) in [5.74, 6) is -1.09. The Morgan fingerprint density at radius 2 is 1.43 bits per heavy atom. The lowest BCUT2D eigenvalue weighted by atomic mass is 9.78. The molecule has 9 nitrogen and oxygen atoms in total. The van der Waals surface area contributed by atoms with Gasteiger partial charge >= 0.3 is 20.1 Å². The number of amides is 1. The van der Waals surface area contributed by atoms with Crippen molar-refractivity contribution in [2.45, 2.75) is 13.6 Å². The fourth-order valence-electron chi connectivity index (χ4n) is 2.30. The number of carboxylic acids is 1. The molecule has 0 bridgehead atoms. The zero-order valence-corrected chi connectivity index (χ0v) is 14.0. The predicted molar refractivity (Wildman–Crippen MR) is 85.2 cm³/mol. The van der Waals surface area contributed by atoms with Crippen LogP contribution in [0.2, 0.25) is 13.6 Å². The third-order valence-electron chi connectivity index (χ3n) is 4.16. The van der Waals surface area contributed by atoms with Gasteiger partial charge in [-0.1, -0.05) is 0 Å². The van der Waals surface area contributed by atoms with E-state index in [9.17, 15) is 9.59 Å². The molecule has 0 aromatic rings. The Bertz CT molecular complexity index is 414. The number of hydrogen-bond donors (Lipinski definition) is 3. The standard InChI is InChI=1S/C7H15BN2O3.C5H10BNO3/c1-8(12)10-4-6(5-10)7(11)9(2)13-3;1-6(10)7-2-4(3-7)5(8)9/h6,12H,4-5H2,1-3H3;4,10H,2-3H2,1H3,(H,8,9). The van der Waals surface area contributed by atoms with Crippen LogP contribution in [-0.2, 0) is 14.4 Å². The molecule has 0 aromatic carbocycles. The number of aliphatic carboxylic acids is 1. The monoisotopic (exact) mass is 329 g/mol. The fraction of sp³-hybridized carbons (Fsp3) is 0.833. The van der Waals surface area contributed by atoms with Crippen molar-refractivity contribution in [3.63, 3.8) is 0 Å². The number of carbonyl (C=O) groups is 2. The van der Waals surface area contributed by atoms with Crippen LogP contribution in [-0.4, -0.2) is 96.2 Å². The van der Waals surface area contributed by atoms with Crippen LogP contribution in [0, 0.1) is 11.8 Å². The van der Waals surface area contributed by atoms with E-state index >= 15 is 0 Å². The molecule has 2 aliphatic rings. The largest absolute Gasteiger partial charge is 0.481 e. The van der Waals surface area contributed by atoms with Gasteiger partial charge in [0.2, 0.25) is 0 Å². The molecule has 130 valence electrons. The normalized spacial score (nSPS) is 19.0. The van der Waals surface area contributed by atoms with Crippen molar-refractivity contribution < 1.29 is 29.6 Å². The van der Waals surface area contributed by atoms with Gasteiger partial charge in [0.15, 0.2) is 0 Å². The van der Waals surface area contributed by atoms with E-state index in [2.05, 4.69) is 0 Å². The van der Waals surface area contributed by atoms with E-state index in [1.165, 1.54) is 12.2 Å². The summed E-state index contributed by atoms with van der Waals surface area (Å²) in [4.78, 5) is 30.0. The second kappa shape index (κ2) is 8.65. The Hall–Kier alpha value is -1.13. The Balaban J connectivity index is 0.000000238. The third kappa shape index (κ3) is 5.47. The molecule has 2 fully saturated rings. The molecule has 0 aliphatic carbocycles. The van der Waals surface area contributed by atoms with Gasteiger partial charge in [0.25, 0.3) is 5.91 Å². The molecule has 1 amide bonds. The zero-order valence-electron chi connectivity index (χ0n) is 14.0. The molecule has 0 saturated carbocycles. The molecule has 0 radical (unpaired) electrons. The first-order valence-electron chi connectivity index (χ1n) is 7.56. The quantitative estimate of drug-likeness (QED) is 0.398. The van der Waals surface area contributed by atoms with Gasteiger partial charge in [0.05, 0.1) is 18.9 Å². The smallest absolute Gasteiger partial charge is 0.376 e. The van der Waals surface area contributed by atoms with Crippen LogP contribution in [0.25, 0.3) is 0 Å². The maximum Gasteiger partial charge on any atom is 0.376 e. The number of nitrogens with zero attached hydrogens (tertiary/aromatic N) is 3. The van der Waals surface area contributed by atoms with Gasteiger partial charge in [-0.3, -0.25) is 14.4 Å². The molecule has 0 spiro atoms. The first kappa shape index (κ1) is 19.9. The fourth-order valence-corrected chi connectivity index (χ4v) is 2.30. The predicted octanol–water partition coefficient (Wildman–Crippen LogP) is -1.84. The van der Waals surface area contributed by atoms with Crippen LogP contribution in [0.4, 0.5) is 0 Å². The number of rotatable bonds is 5. The second-order valence-electron chi connectivity index (χ2n) is 5.92. The summed E-state index contributed by atoms with van der Waals surface area (Å²) in [6, 6.07) is 0. The maximum absolute atomic E-state index is 11.4. The zero-order chi connectivity index (χ0) is 17.7. The van der Waals surface area contributed by atoms with E-state index in [4.69, 9.17) is 20.0 Å². The molecule has 11 heteroatoms. The molecule has 23 heavy (non-hydrogen) atoms. The van der Waals surface area contributed by atoms with E-state index in [1.807, 2.05) is 4.81 Å². The number of hydrogen-bond acceptors (Lipinski definition) is 7. The molecule has 2 aliphatic heterocycles. The van der Waals surface area contributed by atoms with Crippen molar-refractivity contribution in [2.75, 3.05) is 40.3 Å². The minimum atomic E-state index is -0.767. The lowest BCUT2D eigenvalue weighted by Gasteiger charge is -2.40. The van der Waals surface area contributed by atoms with Crippen LogP contribution in [0.15, 0.2) is 0 Å². The van der Waals surface area contributed by atoms with Gasteiger partial charge in [-0.15, -0.1) is 0 Å². The van der Waals surface area contributed by atoms with Crippen LogP contribution in [0.3, 0.4) is 0 Å². The minimum absolute atomic E-state index is 0.0282. The highest BCUT2D eigenvalue weighted by atomic mass is 16.7. The van der Waals surface area contributed by atoms with Gasteiger partial charge in [-0.2, -0.15) is 0 Å². The molecular weight excluding hydrogens is 304 g/mol. The molecule has 0 unspecified atom stereocenters. The summed E-state index contributed by atoms with van der Waals surface area (Å²) < 4.78 is 0. The van der Waals surface area contributed by atoms with Crippen molar-refractivity contribution in [3.8, 4) is 0 Å². The maximum atomic E-state index is 11.4. The molecule has 0 atom stereocenters. The Labute approximate surface area is 137 Å². The van der Waals surface area contributed by atoms with Crippen molar-refractivity contribution in [1.82, 2.24) is 14.7 Å². The first-order valence-corrected chi connectivity index (χ1v) is 7.56. The van der Waals surface area contributed by atoms with E-state index in [-0.39, 0.29) is 17.7 Å². The van der Waals surface area contributed by atoms with Gasteiger partial charge in [0.1, 0.15) is 0 Å². The van der Waals surface area contributed by atoms with Crippen LogP contribution >= 0.6 is 0 Å². The summed E-state index contributed by atoms with van der Waals surface area (Å²) >= 11 is 0. The second-order valence-corrected chi connectivity index (χ2v) is 5.92. The summed E-state index contributed by atoms with van der Waals surface area (Å²) in [6.45, 7) is 5.52. The van der Waals surface area contributed by atoms with Crippen molar-refractivity contribution in [2.24, 2.45) is 11.8 Å². The van der Waals surface area contributed by atoms with Crippen molar-refractivity contribution in [1.29, 1.82) is 0 Å². The number of hydroxylamine groups is 2. The number of carbonyl (C=O) groups excluding carboxylic acids is 1. The lowest BCUT2D eigenvalue weighted by molar-refractivity contribution is -0.177. The molecule has 2 saturated heterocycles. The third-order valence-corrected chi connectivity index (χ3v) is 4.16. The molecule has 2 rings (SSSR count). The van der Waals surface area contributed by atoms with E-state index in [0.717, 1.165) is 0 Å². The first-order chi connectivity index (χ1) is 10.7. The highest BCUT2D eigenvalue weighted by Crippen LogP contribution is 2.18. The van der Waals surface area contributed by atoms with Gasteiger partial charge in [-0.25, -0.2) is 5.06 Å². The minimum Gasteiger partial charge on any atom is -0.481 e. The summed E-state index contributed by atoms with van der Waals surface area (Å²) in [5, 5.41) is 27.7. The van der Waals surface area contributed by atoms with Gasteiger partial charge in [-0.05, 0) is 13.6 Å². The van der Waals surface area contributed by atoms with Gasteiger partial charge in [0, 0.05) is 33.2 Å². The molecule has 3 N–H and O–H groups in total. The highest BCUT2D eigenvalue weighted by molar-refractivity contribution is 6.45. The van der Waals surface area contributed by atoms with Crippen LogP contribution in [0.1, 0.15) is 0 Å². The highest BCUT2D eigenvalue weighted by Gasteiger charge is 2.37. The Kier molecular flexibility index (Phi) is 7.49. The van der Waals surface area contributed by atoms with E-state index in [0.29, 0.717) is 26.2 Å². The topological polar surface area (TPSA) is 114 Å². The average Bonchev–Trinajstić information content (AvgIpc) is 2.33. The van der Waals surface area contributed by atoms with Crippen molar-refractivity contribution in [3.05, 3.63) is 0 Å². The lowest BCUT2D eigenvalue weighted by Crippen LogP contribution is -2.58. The van der Waals surface area contributed by atoms with Gasteiger partial charge < -0.3 is 24.8 Å². The summed E-state index contributed by atoms with van der Waals surface area (Å²) in [7, 11) is 2.09.